The van der Waals surface area contributed by atoms with E-state index in [1.165, 1.54) is 97.8 Å². The van der Waals surface area contributed by atoms with Gasteiger partial charge in [0.15, 0.2) is 0 Å². The Morgan fingerprint density at radius 1 is 0.396 bits per heavy atom. The molecule has 5 aliphatic carbocycles. The second-order valence-electron chi connectivity index (χ2n) is 16.8. The van der Waals surface area contributed by atoms with Crippen molar-refractivity contribution in [1.29, 1.82) is 0 Å². The second-order valence-corrected chi connectivity index (χ2v) is 16.8. The van der Waals surface area contributed by atoms with Crippen LogP contribution in [0.5, 0.6) is 0 Å². The third-order valence-corrected chi connectivity index (χ3v) is 14.4. The van der Waals surface area contributed by atoms with E-state index < -0.39 is 0 Å². The number of benzene rings is 8. The number of furan rings is 1. The van der Waals surface area contributed by atoms with E-state index in [9.17, 15) is 0 Å². The average molecular weight is 679 g/mol. The zero-order chi connectivity index (χ0) is 34.4. The topological polar surface area (TPSA) is 13.1 Å². The molecule has 14 rings (SSSR count). The van der Waals surface area contributed by atoms with Crippen molar-refractivity contribution in [2.75, 3.05) is 0 Å². The monoisotopic (exact) mass is 678 g/mol. The van der Waals surface area contributed by atoms with Crippen LogP contribution in [0.1, 0.15) is 43.2 Å². The van der Waals surface area contributed by atoms with Crippen LogP contribution in [0, 0.1) is 23.7 Å². The van der Waals surface area contributed by atoms with Gasteiger partial charge in [-0.3, -0.25) is 0 Å². The molecule has 252 valence electrons. The van der Waals surface area contributed by atoms with Crippen LogP contribution in [-0.2, 0) is 5.41 Å². The maximum absolute atomic E-state index is 6.39. The molecule has 8 aromatic carbocycles. The first kappa shape index (κ1) is 28.9. The fourth-order valence-electron chi connectivity index (χ4n) is 12.8. The van der Waals surface area contributed by atoms with Gasteiger partial charge in [-0.05, 0) is 157 Å². The van der Waals surface area contributed by atoms with Crippen molar-refractivity contribution in [3.8, 4) is 33.4 Å². The van der Waals surface area contributed by atoms with Crippen LogP contribution >= 0.6 is 0 Å². The number of rotatable bonds is 2. The van der Waals surface area contributed by atoms with Gasteiger partial charge in [-0.1, -0.05) is 121 Å². The first-order valence-electron chi connectivity index (χ1n) is 19.8. The molecule has 1 heterocycles. The lowest BCUT2D eigenvalue weighted by Crippen LogP contribution is -2.55. The predicted molar refractivity (Wildman–Crippen MR) is 220 cm³/mol. The Kier molecular flexibility index (Phi) is 5.59. The van der Waals surface area contributed by atoms with Crippen molar-refractivity contribution < 1.29 is 4.42 Å². The summed E-state index contributed by atoms with van der Waals surface area (Å²) in [6.07, 6.45) is 7.15. The van der Waals surface area contributed by atoms with Gasteiger partial charge in [0.25, 0.3) is 0 Å². The molecule has 0 amide bonds. The maximum atomic E-state index is 6.39. The number of hydrogen-bond donors (Lipinski definition) is 0. The van der Waals surface area contributed by atoms with Crippen LogP contribution in [0.4, 0.5) is 0 Å². The smallest absolute Gasteiger partial charge is 0.136 e. The highest BCUT2D eigenvalue weighted by atomic mass is 16.3. The molecule has 4 saturated carbocycles. The van der Waals surface area contributed by atoms with Gasteiger partial charge in [0, 0.05) is 16.2 Å². The molecular weight excluding hydrogens is 641 g/mol. The van der Waals surface area contributed by atoms with Crippen LogP contribution in [0.3, 0.4) is 0 Å². The minimum absolute atomic E-state index is 0.194. The molecule has 1 spiro atoms. The molecule has 1 aromatic heterocycles. The van der Waals surface area contributed by atoms with Crippen LogP contribution in [0.2, 0.25) is 0 Å². The minimum atomic E-state index is 0.194. The second kappa shape index (κ2) is 10.3. The summed E-state index contributed by atoms with van der Waals surface area (Å²) in [7, 11) is 0. The number of hydrogen-bond acceptors (Lipinski definition) is 1. The SMILES string of the molecule is c1ccc2c(c1)-c1c(ccc3cc(-c4c5ccccc5c(-c5ccc6c(c5)oc5ccccc56)c5ccccc45)ccc13)C21C2CC3CC(C2)CC1C3. The Hall–Kier alpha value is -5.66. The summed E-state index contributed by atoms with van der Waals surface area (Å²) in [6.45, 7) is 0. The Morgan fingerprint density at radius 3 is 1.62 bits per heavy atom. The molecule has 4 fully saturated rings. The first-order chi connectivity index (χ1) is 26.2. The molecule has 1 nitrogen and oxygen atoms in total. The summed E-state index contributed by atoms with van der Waals surface area (Å²) in [5.74, 6) is 3.46. The molecule has 0 N–H and O–H groups in total. The van der Waals surface area contributed by atoms with Gasteiger partial charge >= 0.3 is 0 Å². The van der Waals surface area contributed by atoms with Gasteiger partial charge in [-0.15, -0.1) is 0 Å². The molecule has 5 aliphatic rings. The van der Waals surface area contributed by atoms with Gasteiger partial charge in [0.2, 0.25) is 0 Å². The Labute approximate surface area is 308 Å². The van der Waals surface area contributed by atoms with Crippen molar-refractivity contribution in [3.05, 3.63) is 157 Å². The van der Waals surface area contributed by atoms with Crippen LogP contribution in [-0.4, -0.2) is 0 Å². The molecule has 0 radical (unpaired) electrons. The largest absolute Gasteiger partial charge is 0.456 e. The zero-order valence-electron chi connectivity index (χ0n) is 29.6. The van der Waals surface area contributed by atoms with E-state index in [4.69, 9.17) is 4.42 Å². The lowest BCUT2D eigenvalue weighted by atomic mass is 9.43. The van der Waals surface area contributed by atoms with E-state index in [1.807, 2.05) is 6.07 Å². The lowest BCUT2D eigenvalue weighted by molar-refractivity contribution is -0.0399. The standard InChI is InChI=1S/C52H38O/c1-3-12-42-40(10-1)49(41-11-2-4-13-43(41)50(42)34-18-21-39-38-9-6-8-16-47(38)53-48(39)29-34)33-17-20-37-32(28-33)19-22-46-51(37)44-14-5-7-15-45(44)52(46)35-24-30-23-31(26-35)27-36(52)25-30/h1-22,28-31,35-36H,23-27H2. The quantitative estimate of drug-likeness (QED) is 0.166. The van der Waals surface area contributed by atoms with Crippen molar-refractivity contribution in [1.82, 2.24) is 0 Å². The Balaban J connectivity index is 1.03. The highest BCUT2D eigenvalue weighted by molar-refractivity contribution is 6.22. The van der Waals surface area contributed by atoms with E-state index in [0.717, 1.165) is 45.6 Å². The van der Waals surface area contributed by atoms with E-state index in [1.54, 1.807) is 11.1 Å². The highest BCUT2D eigenvalue weighted by Crippen LogP contribution is 2.70. The van der Waals surface area contributed by atoms with E-state index in [-0.39, 0.29) is 5.41 Å². The molecule has 4 bridgehead atoms. The fourth-order valence-corrected chi connectivity index (χ4v) is 12.8. The summed E-state index contributed by atoms with van der Waals surface area (Å²) < 4.78 is 6.39. The van der Waals surface area contributed by atoms with Crippen molar-refractivity contribution in [3.63, 3.8) is 0 Å². The lowest BCUT2D eigenvalue weighted by Gasteiger charge is -2.61. The summed E-state index contributed by atoms with van der Waals surface area (Å²) in [6, 6.07) is 55.0. The van der Waals surface area contributed by atoms with Gasteiger partial charge in [-0.2, -0.15) is 0 Å². The fraction of sp³-hybridized carbons (Fsp3) is 0.192. The third kappa shape index (κ3) is 3.68. The summed E-state index contributed by atoms with van der Waals surface area (Å²) in [5.41, 5.74) is 13.4. The molecule has 1 heteroatoms. The van der Waals surface area contributed by atoms with Crippen molar-refractivity contribution in [2.45, 2.75) is 37.5 Å². The summed E-state index contributed by atoms with van der Waals surface area (Å²) in [4.78, 5) is 0. The summed E-state index contributed by atoms with van der Waals surface area (Å²) >= 11 is 0. The van der Waals surface area contributed by atoms with Gasteiger partial charge in [0.05, 0.1) is 0 Å². The van der Waals surface area contributed by atoms with Crippen LogP contribution in [0.25, 0.3) is 87.6 Å². The number of para-hydroxylation sites is 1. The van der Waals surface area contributed by atoms with Gasteiger partial charge in [-0.25, -0.2) is 0 Å². The summed E-state index contributed by atoms with van der Waals surface area (Å²) in [5, 5.41) is 10.2. The molecule has 9 aromatic rings. The third-order valence-electron chi connectivity index (χ3n) is 14.4. The molecule has 0 unspecified atom stereocenters. The van der Waals surface area contributed by atoms with Gasteiger partial charge in [0.1, 0.15) is 11.2 Å². The molecule has 53 heavy (non-hydrogen) atoms. The van der Waals surface area contributed by atoms with E-state index >= 15 is 0 Å². The molecular formula is C52H38O. The van der Waals surface area contributed by atoms with E-state index in [2.05, 4.69) is 140 Å². The first-order valence-corrected chi connectivity index (χ1v) is 19.8. The maximum Gasteiger partial charge on any atom is 0.136 e. The van der Waals surface area contributed by atoms with Crippen LogP contribution < -0.4 is 0 Å². The highest BCUT2D eigenvalue weighted by Gasteiger charge is 2.61. The molecule has 0 atom stereocenters. The van der Waals surface area contributed by atoms with Crippen molar-refractivity contribution in [2.24, 2.45) is 23.7 Å². The van der Waals surface area contributed by atoms with Crippen molar-refractivity contribution >= 4 is 54.3 Å². The van der Waals surface area contributed by atoms with Gasteiger partial charge < -0.3 is 4.42 Å². The average Bonchev–Trinajstić information content (AvgIpc) is 3.72. The predicted octanol–water partition coefficient (Wildman–Crippen LogP) is 14.1. The molecule has 0 saturated heterocycles. The number of fused-ring (bicyclic) bond motifs is 10. The zero-order valence-corrected chi connectivity index (χ0v) is 29.6. The van der Waals surface area contributed by atoms with Crippen LogP contribution in [0.15, 0.2) is 150 Å². The Morgan fingerprint density at radius 2 is 0.943 bits per heavy atom. The minimum Gasteiger partial charge on any atom is -0.456 e. The normalized spacial score (nSPS) is 23.9. The Bertz CT molecular complexity index is 2940. The van der Waals surface area contributed by atoms with E-state index in [0.29, 0.717) is 0 Å². The molecule has 0 aliphatic heterocycles.